The molecule has 0 aromatic heterocycles. The summed E-state index contributed by atoms with van der Waals surface area (Å²) >= 11 is 0. The van der Waals surface area contributed by atoms with E-state index < -0.39 is 11.4 Å². The van der Waals surface area contributed by atoms with Gasteiger partial charge >= 0.3 is 5.97 Å². The van der Waals surface area contributed by atoms with Crippen LogP contribution in [-0.2, 0) is 4.79 Å². The molecule has 0 aliphatic heterocycles. The molecule has 0 spiro atoms. The Morgan fingerprint density at radius 2 is 1.47 bits per heavy atom. The van der Waals surface area contributed by atoms with Gasteiger partial charge in [0.05, 0.1) is 0 Å². The van der Waals surface area contributed by atoms with Crippen molar-refractivity contribution in [3.63, 3.8) is 0 Å². The van der Waals surface area contributed by atoms with E-state index in [0.717, 1.165) is 0 Å². The minimum Gasteiger partial charge on any atom is -0.478 e. The van der Waals surface area contributed by atoms with Crippen molar-refractivity contribution in [3.05, 3.63) is 12.2 Å². The molecule has 0 radical (unpaired) electrons. The summed E-state index contributed by atoms with van der Waals surface area (Å²) in [5.74, 6) is -0.927. The third-order valence-corrected chi connectivity index (χ3v) is 3.85. The molecule has 17 heavy (non-hydrogen) atoms. The van der Waals surface area contributed by atoms with Crippen molar-refractivity contribution in [1.29, 1.82) is 0 Å². The van der Waals surface area contributed by atoms with Crippen LogP contribution < -0.4 is 5.73 Å². The number of hydrogen-bond acceptors (Lipinski definition) is 2. The average molecular weight is 241 g/mol. The Hall–Kier alpha value is -0.830. The summed E-state index contributed by atoms with van der Waals surface area (Å²) in [7, 11) is 0. The van der Waals surface area contributed by atoms with Crippen LogP contribution in [0.5, 0.6) is 0 Å². The topological polar surface area (TPSA) is 63.3 Å². The molecule has 3 nitrogen and oxygen atoms in total. The summed E-state index contributed by atoms with van der Waals surface area (Å²) in [6, 6.07) is 0. The van der Waals surface area contributed by atoms with Gasteiger partial charge in [0.15, 0.2) is 0 Å². The molecule has 0 saturated carbocycles. The molecule has 100 valence electrons. The second-order valence-corrected chi connectivity index (χ2v) is 6.73. The van der Waals surface area contributed by atoms with E-state index in [4.69, 9.17) is 5.73 Å². The van der Waals surface area contributed by atoms with E-state index in [0.29, 0.717) is 13.0 Å². The Labute approximate surface area is 105 Å². The van der Waals surface area contributed by atoms with Gasteiger partial charge in [0, 0.05) is 11.0 Å². The zero-order valence-corrected chi connectivity index (χ0v) is 12.1. The van der Waals surface area contributed by atoms with Crippen molar-refractivity contribution in [2.75, 3.05) is 6.54 Å². The van der Waals surface area contributed by atoms with Gasteiger partial charge in [-0.2, -0.15) is 0 Å². The number of hydrogen-bond donors (Lipinski definition) is 2. The Kier molecular flexibility index (Phi) is 4.57. The van der Waals surface area contributed by atoms with E-state index in [9.17, 15) is 9.90 Å². The highest BCUT2D eigenvalue weighted by molar-refractivity contribution is 5.88. The lowest BCUT2D eigenvalue weighted by molar-refractivity contribution is -0.137. The highest BCUT2D eigenvalue weighted by Crippen LogP contribution is 2.57. The third kappa shape index (κ3) is 2.71. The molecule has 0 fully saturated rings. The van der Waals surface area contributed by atoms with E-state index in [1.54, 1.807) is 0 Å². The lowest BCUT2D eigenvalue weighted by Gasteiger charge is -2.54. The summed E-state index contributed by atoms with van der Waals surface area (Å²) in [5.41, 5.74) is 5.05. The molecule has 0 rings (SSSR count). The van der Waals surface area contributed by atoms with Crippen LogP contribution in [0, 0.1) is 16.2 Å². The van der Waals surface area contributed by atoms with Crippen molar-refractivity contribution in [2.24, 2.45) is 22.0 Å². The zero-order valence-electron chi connectivity index (χ0n) is 12.1. The first-order valence-corrected chi connectivity index (χ1v) is 6.04. The Balaban J connectivity index is 5.94. The van der Waals surface area contributed by atoms with Crippen LogP contribution in [0.15, 0.2) is 12.2 Å². The number of carbonyl (C=O) groups is 1. The van der Waals surface area contributed by atoms with Crippen molar-refractivity contribution >= 4 is 5.97 Å². The van der Waals surface area contributed by atoms with E-state index in [-0.39, 0.29) is 16.4 Å². The van der Waals surface area contributed by atoms with E-state index in [1.807, 2.05) is 0 Å². The molecule has 0 aromatic rings. The number of carboxylic acid groups (broad SMARTS) is 1. The highest BCUT2D eigenvalue weighted by atomic mass is 16.4. The normalized spacial score (nSPS) is 13.6. The van der Waals surface area contributed by atoms with Gasteiger partial charge < -0.3 is 10.8 Å². The number of nitrogens with two attached hydrogens (primary N) is 1. The molecule has 0 unspecified atom stereocenters. The van der Waals surface area contributed by atoms with Gasteiger partial charge in [-0.05, 0) is 23.8 Å². The predicted molar refractivity (Wildman–Crippen MR) is 71.8 cm³/mol. The lowest BCUT2D eigenvalue weighted by Crippen LogP contribution is -2.50. The molecule has 0 aliphatic rings. The molecular formula is C14H27NO2. The minimum absolute atomic E-state index is 0.208. The van der Waals surface area contributed by atoms with Crippen LogP contribution in [0.3, 0.4) is 0 Å². The molecule has 0 aromatic carbocycles. The van der Waals surface area contributed by atoms with Crippen molar-refractivity contribution in [1.82, 2.24) is 0 Å². The first-order valence-electron chi connectivity index (χ1n) is 6.04. The van der Waals surface area contributed by atoms with Gasteiger partial charge in [0.25, 0.3) is 0 Å². The third-order valence-electron chi connectivity index (χ3n) is 3.85. The van der Waals surface area contributed by atoms with Crippen LogP contribution in [-0.4, -0.2) is 17.6 Å². The van der Waals surface area contributed by atoms with Gasteiger partial charge in [0.2, 0.25) is 0 Å². The molecule has 0 aliphatic carbocycles. The summed E-state index contributed by atoms with van der Waals surface area (Å²) < 4.78 is 0. The van der Waals surface area contributed by atoms with E-state index in [1.165, 1.54) is 0 Å². The second kappa shape index (κ2) is 4.81. The van der Waals surface area contributed by atoms with Crippen LogP contribution in [0.2, 0.25) is 0 Å². The molecular weight excluding hydrogens is 214 g/mol. The molecule has 0 atom stereocenters. The summed E-state index contributed by atoms with van der Waals surface area (Å²) in [6.45, 7) is 16.6. The quantitative estimate of drug-likeness (QED) is 0.743. The maximum atomic E-state index is 11.4. The van der Waals surface area contributed by atoms with Crippen LogP contribution in [0.1, 0.15) is 48.0 Å². The predicted octanol–water partition coefficient (Wildman–Crippen LogP) is 3.05. The van der Waals surface area contributed by atoms with Crippen LogP contribution in [0.25, 0.3) is 0 Å². The fraction of sp³-hybridized carbons (Fsp3) is 0.786. The average Bonchev–Trinajstić information content (AvgIpc) is 2.08. The molecule has 3 N–H and O–H groups in total. The summed E-state index contributed by atoms with van der Waals surface area (Å²) in [4.78, 5) is 11.4. The van der Waals surface area contributed by atoms with Gasteiger partial charge in [-0.1, -0.05) is 48.1 Å². The first kappa shape index (κ1) is 16.2. The molecule has 0 bridgehead atoms. The smallest absolute Gasteiger partial charge is 0.331 e. The van der Waals surface area contributed by atoms with E-state index >= 15 is 0 Å². The molecule has 3 heteroatoms. The maximum absolute atomic E-state index is 11.4. The second-order valence-electron chi connectivity index (χ2n) is 6.73. The zero-order chi connectivity index (χ0) is 14.1. The van der Waals surface area contributed by atoms with Gasteiger partial charge in [-0.3, -0.25) is 0 Å². The number of aliphatic carboxylic acids is 1. The van der Waals surface area contributed by atoms with E-state index in [2.05, 4.69) is 48.1 Å². The van der Waals surface area contributed by atoms with Crippen molar-refractivity contribution < 1.29 is 9.90 Å². The SMILES string of the molecule is C=C(C(=O)O)C(CCN)(C(C)(C)C)C(C)(C)C. The summed E-state index contributed by atoms with van der Waals surface area (Å²) in [5, 5.41) is 9.33. The molecule has 0 amide bonds. The van der Waals surface area contributed by atoms with Crippen LogP contribution in [0.4, 0.5) is 0 Å². The van der Waals surface area contributed by atoms with Crippen LogP contribution >= 0.6 is 0 Å². The molecule has 0 saturated heterocycles. The largest absolute Gasteiger partial charge is 0.478 e. The monoisotopic (exact) mass is 241 g/mol. The Morgan fingerprint density at radius 3 is 1.65 bits per heavy atom. The fourth-order valence-electron chi connectivity index (χ4n) is 3.33. The lowest BCUT2D eigenvalue weighted by atomic mass is 9.49. The maximum Gasteiger partial charge on any atom is 0.331 e. The van der Waals surface area contributed by atoms with Crippen molar-refractivity contribution in [3.8, 4) is 0 Å². The number of carboxylic acids is 1. The standard InChI is InChI=1S/C14H27NO2/c1-10(11(16)17)14(8-9-15,12(2,3)4)13(5,6)7/h1,8-9,15H2,2-7H3,(H,16,17). The summed E-state index contributed by atoms with van der Waals surface area (Å²) in [6.07, 6.45) is 0.630. The number of rotatable bonds is 4. The van der Waals surface area contributed by atoms with Gasteiger partial charge in [-0.25, -0.2) is 4.79 Å². The van der Waals surface area contributed by atoms with Gasteiger partial charge in [-0.15, -0.1) is 0 Å². The fourth-order valence-corrected chi connectivity index (χ4v) is 3.33. The van der Waals surface area contributed by atoms with Gasteiger partial charge in [0.1, 0.15) is 0 Å². The minimum atomic E-state index is -0.927. The highest BCUT2D eigenvalue weighted by Gasteiger charge is 2.53. The first-order chi connectivity index (χ1) is 7.41. The Morgan fingerprint density at radius 1 is 1.12 bits per heavy atom. The van der Waals surface area contributed by atoms with Crippen molar-refractivity contribution in [2.45, 2.75) is 48.0 Å². The Bertz CT molecular complexity index is 291. The molecule has 0 heterocycles.